The van der Waals surface area contributed by atoms with Crippen molar-refractivity contribution >= 4 is 18.1 Å². The highest BCUT2D eigenvalue weighted by Gasteiger charge is 2.33. The number of nitro benzene ring substituents is 1. The summed E-state index contributed by atoms with van der Waals surface area (Å²) in [4.78, 5) is 17.2. The maximum absolute atomic E-state index is 10.8. The molecule has 0 aliphatic carbocycles. The molecule has 8 nitrogen and oxygen atoms in total. The van der Waals surface area contributed by atoms with Crippen LogP contribution in [0.4, 0.5) is 5.69 Å². The van der Waals surface area contributed by atoms with Crippen molar-refractivity contribution in [3.63, 3.8) is 0 Å². The van der Waals surface area contributed by atoms with E-state index in [0.29, 0.717) is 11.7 Å². The van der Waals surface area contributed by atoms with Gasteiger partial charge in [0.1, 0.15) is 0 Å². The largest absolute Gasteiger partial charge is 0.338 e. The molecule has 2 aromatic rings. The standard InChI is InChI=1S/C16H21N5O3.ClH/c1-16(2,11-4-6-12(7-5-11)21(22)23)15-18-14(19-24-15)13-10-17-8-9-20(13)3;/h4-7,13,17H,8-10H2,1-3H3;1H. The van der Waals surface area contributed by atoms with Crippen molar-refractivity contribution in [2.45, 2.75) is 25.3 Å². The van der Waals surface area contributed by atoms with Crippen molar-refractivity contribution < 1.29 is 9.45 Å². The van der Waals surface area contributed by atoms with Gasteiger partial charge in [-0.3, -0.25) is 15.0 Å². The van der Waals surface area contributed by atoms with Crippen LogP contribution < -0.4 is 5.32 Å². The molecule has 1 saturated heterocycles. The number of hydrogen-bond acceptors (Lipinski definition) is 7. The molecule has 1 N–H and O–H groups in total. The van der Waals surface area contributed by atoms with Gasteiger partial charge in [0.15, 0.2) is 5.82 Å². The molecule has 0 bridgehead atoms. The van der Waals surface area contributed by atoms with E-state index in [4.69, 9.17) is 4.52 Å². The number of nitrogens with one attached hydrogen (secondary N) is 1. The van der Waals surface area contributed by atoms with E-state index in [1.807, 2.05) is 20.9 Å². The summed E-state index contributed by atoms with van der Waals surface area (Å²) in [5.74, 6) is 1.17. The Morgan fingerprint density at radius 2 is 2.04 bits per heavy atom. The van der Waals surface area contributed by atoms with Crippen LogP contribution in [0.25, 0.3) is 0 Å². The van der Waals surface area contributed by atoms with Gasteiger partial charge in [-0.15, -0.1) is 12.4 Å². The van der Waals surface area contributed by atoms with Crippen LogP contribution in [-0.2, 0) is 5.41 Å². The van der Waals surface area contributed by atoms with Gasteiger partial charge in [-0.1, -0.05) is 17.3 Å². The van der Waals surface area contributed by atoms with Gasteiger partial charge >= 0.3 is 0 Å². The summed E-state index contributed by atoms with van der Waals surface area (Å²) in [5, 5.41) is 18.3. The van der Waals surface area contributed by atoms with Crippen molar-refractivity contribution in [1.29, 1.82) is 0 Å². The average molecular weight is 368 g/mol. The van der Waals surface area contributed by atoms with E-state index in [1.54, 1.807) is 12.1 Å². The molecule has 0 saturated carbocycles. The fourth-order valence-corrected chi connectivity index (χ4v) is 2.84. The van der Waals surface area contributed by atoms with E-state index in [1.165, 1.54) is 12.1 Å². The third kappa shape index (κ3) is 3.81. The Hall–Kier alpha value is -2.03. The summed E-state index contributed by atoms with van der Waals surface area (Å²) in [6.45, 7) is 6.60. The first-order chi connectivity index (χ1) is 11.4. The van der Waals surface area contributed by atoms with Crippen molar-refractivity contribution in [3.8, 4) is 0 Å². The Labute approximate surface area is 152 Å². The topological polar surface area (TPSA) is 97.3 Å². The van der Waals surface area contributed by atoms with Crippen LogP contribution >= 0.6 is 12.4 Å². The summed E-state index contributed by atoms with van der Waals surface area (Å²) in [5.41, 5.74) is 0.426. The van der Waals surface area contributed by atoms with Gasteiger partial charge in [-0.2, -0.15) is 4.98 Å². The molecule has 0 radical (unpaired) electrons. The number of nitrogens with zero attached hydrogens (tertiary/aromatic N) is 4. The van der Waals surface area contributed by atoms with Gasteiger partial charge < -0.3 is 9.84 Å². The second-order valence-corrected chi connectivity index (χ2v) is 6.59. The number of likely N-dealkylation sites (N-methyl/N-ethyl adjacent to an activating group) is 1. The molecule has 136 valence electrons. The first kappa shape index (κ1) is 19.3. The van der Waals surface area contributed by atoms with E-state index in [2.05, 4.69) is 20.4 Å². The van der Waals surface area contributed by atoms with Gasteiger partial charge in [0.05, 0.1) is 16.4 Å². The summed E-state index contributed by atoms with van der Waals surface area (Å²) in [7, 11) is 2.04. The first-order valence-corrected chi connectivity index (χ1v) is 7.89. The molecule has 1 unspecified atom stereocenters. The molecule has 1 aliphatic heterocycles. The van der Waals surface area contributed by atoms with Crippen molar-refractivity contribution in [1.82, 2.24) is 20.4 Å². The van der Waals surface area contributed by atoms with Gasteiger partial charge in [0.2, 0.25) is 5.89 Å². The molecule has 1 atom stereocenters. The fraction of sp³-hybridized carbons (Fsp3) is 0.500. The zero-order chi connectivity index (χ0) is 17.3. The van der Waals surface area contributed by atoms with Gasteiger partial charge in [0.25, 0.3) is 5.69 Å². The minimum absolute atomic E-state index is 0. The van der Waals surface area contributed by atoms with Crippen molar-refractivity contribution in [3.05, 3.63) is 51.7 Å². The number of nitro groups is 1. The number of aromatic nitrogens is 2. The van der Waals surface area contributed by atoms with E-state index >= 15 is 0 Å². The lowest BCUT2D eigenvalue weighted by atomic mass is 9.84. The Bertz CT molecular complexity index is 732. The van der Waals surface area contributed by atoms with E-state index in [9.17, 15) is 10.1 Å². The molecule has 1 aromatic carbocycles. The summed E-state index contributed by atoms with van der Waals surface area (Å²) in [6.07, 6.45) is 0. The molecule has 9 heteroatoms. The number of rotatable bonds is 4. The number of piperazine rings is 1. The minimum Gasteiger partial charge on any atom is -0.338 e. The SMILES string of the molecule is CN1CCNCC1c1noc(C(C)(C)c2ccc([N+](=O)[O-])cc2)n1.Cl. The second-order valence-electron chi connectivity index (χ2n) is 6.59. The maximum atomic E-state index is 10.8. The number of benzene rings is 1. The number of non-ortho nitro benzene ring substituents is 1. The molecule has 1 aliphatic rings. The molecule has 1 aromatic heterocycles. The Balaban J connectivity index is 0.00000225. The zero-order valence-electron chi connectivity index (χ0n) is 14.4. The van der Waals surface area contributed by atoms with Crippen LogP contribution in [0.15, 0.2) is 28.8 Å². The predicted molar refractivity (Wildman–Crippen MR) is 95.0 cm³/mol. The van der Waals surface area contributed by atoms with Crippen molar-refractivity contribution in [2.24, 2.45) is 0 Å². The quantitative estimate of drug-likeness (QED) is 0.654. The molecular formula is C16H22ClN5O3. The van der Waals surface area contributed by atoms with Gasteiger partial charge in [0, 0.05) is 31.8 Å². The molecule has 1 fully saturated rings. The van der Waals surface area contributed by atoms with Crippen molar-refractivity contribution in [2.75, 3.05) is 26.7 Å². The molecule has 0 amide bonds. The summed E-state index contributed by atoms with van der Waals surface area (Å²) >= 11 is 0. The van der Waals surface area contributed by atoms with Gasteiger partial charge in [-0.25, -0.2) is 0 Å². The molecule has 25 heavy (non-hydrogen) atoms. The van der Waals surface area contributed by atoms with Crippen LogP contribution in [-0.4, -0.2) is 46.6 Å². The Morgan fingerprint density at radius 1 is 1.36 bits per heavy atom. The zero-order valence-corrected chi connectivity index (χ0v) is 15.2. The summed E-state index contributed by atoms with van der Waals surface area (Å²) < 4.78 is 5.51. The van der Waals surface area contributed by atoms with Crippen LogP contribution in [0.5, 0.6) is 0 Å². The van der Waals surface area contributed by atoms with Crippen LogP contribution in [0.1, 0.15) is 37.2 Å². The highest BCUT2D eigenvalue weighted by Crippen LogP contribution is 2.32. The average Bonchev–Trinajstić information content (AvgIpc) is 3.06. The lowest BCUT2D eigenvalue weighted by Crippen LogP contribution is -2.44. The third-order valence-corrected chi connectivity index (χ3v) is 4.59. The number of hydrogen-bond donors (Lipinski definition) is 1. The molecule has 3 rings (SSSR count). The third-order valence-electron chi connectivity index (χ3n) is 4.59. The summed E-state index contributed by atoms with van der Waals surface area (Å²) in [6, 6.07) is 6.54. The van der Waals surface area contributed by atoms with Crippen LogP contribution in [0.3, 0.4) is 0 Å². The highest BCUT2D eigenvalue weighted by molar-refractivity contribution is 5.85. The van der Waals surface area contributed by atoms with Crippen LogP contribution in [0, 0.1) is 10.1 Å². The molecular weight excluding hydrogens is 346 g/mol. The number of halogens is 1. The van der Waals surface area contributed by atoms with E-state index in [0.717, 1.165) is 25.2 Å². The Morgan fingerprint density at radius 3 is 2.64 bits per heavy atom. The first-order valence-electron chi connectivity index (χ1n) is 7.89. The predicted octanol–water partition coefficient (Wildman–Crippen LogP) is 2.30. The normalized spacial score (nSPS) is 18.6. The molecule has 0 spiro atoms. The Kier molecular flexibility index (Phi) is 5.76. The lowest BCUT2D eigenvalue weighted by Gasteiger charge is -2.30. The minimum atomic E-state index is -0.527. The van der Waals surface area contributed by atoms with Crippen LogP contribution in [0.2, 0.25) is 0 Å². The van der Waals surface area contributed by atoms with E-state index < -0.39 is 10.3 Å². The monoisotopic (exact) mass is 367 g/mol. The maximum Gasteiger partial charge on any atom is 0.269 e. The second kappa shape index (κ2) is 7.47. The molecule has 2 heterocycles. The lowest BCUT2D eigenvalue weighted by molar-refractivity contribution is -0.384. The smallest absolute Gasteiger partial charge is 0.269 e. The fourth-order valence-electron chi connectivity index (χ4n) is 2.84. The van der Waals surface area contributed by atoms with E-state index in [-0.39, 0.29) is 24.1 Å². The highest BCUT2D eigenvalue weighted by atomic mass is 35.5. The van der Waals surface area contributed by atoms with Gasteiger partial charge in [-0.05, 0) is 26.5 Å².